The van der Waals surface area contributed by atoms with E-state index in [1.54, 1.807) is 0 Å². The maximum Gasteiger partial charge on any atom is 0.0727 e. The highest BCUT2D eigenvalue weighted by Gasteiger charge is 2.20. The van der Waals surface area contributed by atoms with Crippen LogP contribution in [0, 0.1) is 0 Å². The molecule has 0 spiro atoms. The molecule has 0 aliphatic carbocycles. The fourth-order valence-corrected chi connectivity index (χ4v) is 2.27. The normalized spacial score (nSPS) is 24.3. The molecule has 15 heavy (non-hydrogen) atoms. The minimum Gasteiger partial charge on any atom is -0.393 e. The Morgan fingerprint density at radius 2 is 2.13 bits per heavy atom. The Hall–Kier alpha value is -0.190. The average Bonchev–Trinajstić information content (AvgIpc) is 2.14. The van der Waals surface area contributed by atoms with Gasteiger partial charge in [0.2, 0.25) is 0 Å². The van der Waals surface area contributed by atoms with Gasteiger partial charge in [0, 0.05) is 25.7 Å². The Kier molecular flexibility index (Phi) is 5.50. The Balaban J connectivity index is 2.13. The molecule has 0 amide bonds. The first kappa shape index (κ1) is 12.9. The molecule has 1 aliphatic rings. The molecule has 3 nitrogen and oxygen atoms in total. The lowest BCUT2D eigenvalue weighted by molar-refractivity contribution is 0.0988. The maximum atomic E-state index is 5.47. The lowest BCUT2D eigenvalue weighted by Gasteiger charge is -2.38. The molecule has 2 N–H and O–H groups in total. The summed E-state index contributed by atoms with van der Waals surface area (Å²) in [5.41, 5.74) is 5.47. The van der Waals surface area contributed by atoms with Crippen LogP contribution >= 0.6 is 12.2 Å². The average molecular weight is 229 g/mol. The molecule has 0 saturated carbocycles. The summed E-state index contributed by atoms with van der Waals surface area (Å²) in [5.74, 6) is 0. The van der Waals surface area contributed by atoms with Crippen molar-refractivity contribution >= 4 is 17.2 Å². The number of likely N-dealkylation sites (N-methyl/N-ethyl adjacent to an activating group) is 1. The van der Waals surface area contributed by atoms with Crippen molar-refractivity contribution in [1.82, 2.24) is 9.80 Å². The van der Waals surface area contributed by atoms with E-state index in [9.17, 15) is 0 Å². The zero-order chi connectivity index (χ0) is 11.3. The molecule has 1 fully saturated rings. The van der Waals surface area contributed by atoms with Crippen LogP contribution in [-0.2, 0) is 0 Å². The van der Waals surface area contributed by atoms with Gasteiger partial charge in [0.15, 0.2) is 0 Å². The first-order chi connectivity index (χ1) is 7.09. The van der Waals surface area contributed by atoms with Gasteiger partial charge < -0.3 is 10.6 Å². The SMILES string of the molecule is CC1CN(C)CCN1CCCCC(N)=S. The highest BCUT2D eigenvalue weighted by molar-refractivity contribution is 7.80. The van der Waals surface area contributed by atoms with Crippen molar-refractivity contribution in [3.8, 4) is 0 Å². The van der Waals surface area contributed by atoms with Crippen LogP contribution in [0.2, 0.25) is 0 Å². The van der Waals surface area contributed by atoms with Crippen LogP contribution in [0.15, 0.2) is 0 Å². The van der Waals surface area contributed by atoms with Gasteiger partial charge in [-0.05, 0) is 39.8 Å². The fraction of sp³-hybridized carbons (Fsp3) is 0.909. The number of nitrogens with two attached hydrogens (primary N) is 1. The van der Waals surface area contributed by atoms with Crippen LogP contribution < -0.4 is 5.73 Å². The van der Waals surface area contributed by atoms with Gasteiger partial charge in [0.25, 0.3) is 0 Å². The van der Waals surface area contributed by atoms with Crippen LogP contribution in [0.25, 0.3) is 0 Å². The molecule has 0 aromatic carbocycles. The number of unbranched alkanes of at least 4 members (excludes halogenated alkanes) is 1. The number of rotatable bonds is 5. The molecule has 1 rings (SSSR count). The van der Waals surface area contributed by atoms with E-state index >= 15 is 0 Å². The van der Waals surface area contributed by atoms with Crippen LogP contribution in [0.5, 0.6) is 0 Å². The van der Waals surface area contributed by atoms with Gasteiger partial charge in [0.1, 0.15) is 0 Å². The molecule has 0 bridgehead atoms. The van der Waals surface area contributed by atoms with Gasteiger partial charge >= 0.3 is 0 Å². The van der Waals surface area contributed by atoms with Crippen LogP contribution in [0.4, 0.5) is 0 Å². The lowest BCUT2D eigenvalue weighted by atomic mass is 10.1. The Bertz CT molecular complexity index is 208. The molecule has 1 unspecified atom stereocenters. The second-order valence-electron chi connectivity index (χ2n) is 4.57. The third kappa shape index (κ3) is 4.91. The van der Waals surface area contributed by atoms with Crippen molar-refractivity contribution in [2.24, 2.45) is 5.73 Å². The highest BCUT2D eigenvalue weighted by Crippen LogP contribution is 2.09. The van der Waals surface area contributed by atoms with Crippen molar-refractivity contribution in [3.63, 3.8) is 0 Å². The second-order valence-corrected chi connectivity index (χ2v) is 5.10. The van der Waals surface area contributed by atoms with Gasteiger partial charge in [-0.3, -0.25) is 4.90 Å². The number of thiocarbonyl (C=S) groups is 1. The standard InChI is InChI=1S/C11H23N3S/c1-10-9-13(2)7-8-14(10)6-4-3-5-11(12)15/h10H,3-9H2,1-2H3,(H2,12,15). The van der Waals surface area contributed by atoms with E-state index in [0.29, 0.717) is 11.0 Å². The smallest absolute Gasteiger partial charge is 0.0727 e. The zero-order valence-electron chi connectivity index (χ0n) is 9.91. The van der Waals surface area contributed by atoms with Crippen LogP contribution in [0.3, 0.4) is 0 Å². The van der Waals surface area contributed by atoms with Gasteiger partial charge in [-0.2, -0.15) is 0 Å². The summed E-state index contributed by atoms with van der Waals surface area (Å²) in [6.07, 6.45) is 3.25. The van der Waals surface area contributed by atoms with Gasteiger partial charge in [-0.15, -0.1) is 0 Å². The van der Waals surface area contributed by atoms with E-state index in [2.05, 4.69) is 23.8 Å². The summed E-state index contributed by atoms with van der Waals surface area (Å²) in [6.45, 7) is 7.08. The first-order valence-corrected chi connectivity index (χ1v) is 6.21. The molecule has 0 aromatic rings. The summed E-state index contributed by atoms with van der Waals surface area (Å²) in [4.78, 5) is 5.62. The first-order valence-electron chi connectivity index (χ1n) is 5.80. The predicted octanol–water partition coefficient (Wildman–Crippen LogP) is 1.08. The molecular weight excluding hydrogens is 206 g/mol. The summed E-state index contributed by atoms with van der Waals surface area (Å²) < 4.78 is 0. The summed E-state index contributed by atoms with van der Waals surface area (Å²) >= 11 is 4.86. The largest absolute Gasteiger partial charge is 0.393 e. The lowest BCUT2D eigenvalue weighted by Crippen LogP contribution is -2.50. The van der Waals surface area contributed by atoms with Crippen molar-refractivity contribution in [2.45, 2.75) is 32.2 Å². The third-order valence-corrected chi connectivity index (χ3v) is 3.29. The minimum atomic E-state index is 0.654. The molecule has 0 radical (unpaired) electrons. The van der Waals surface area contributed by atoms with Gasteiger partial charge in [0.05, 0.1) is 4.99 Å². The van der Waals surface area contributed by atoms with Crippen molar-refractivity contribution < 1.29 is 0 Å². The molecule has 4 heteroatoms. The second kappa shape index (κ2) is 6.40. The molecule has 1 aliphatic heterocycles. The topological polar surface area (TPSA) is 32.5 Å². The summed E-state index contributed by atoms with van der Waals surface area (Å²) in [7, 11) is 2.20. The molecule has 1 atom stereocenters. The van der Waals surface area contributed by atoms with E-state index in [-0.39, 0.29) is 0 Å². The molecular formula is C11H23N3S. The van der Waals surface area contributed by atoms with Crippen LogP contribution in [-0.4, -0.2) is 54.1 Å². The van der Waals surface area contributed by atoms with Gasteiger partial charge in [-0.25, -0.2) is 0 Å². The maximum absolute atomic E-state index is 5.47. The monoisotopic (exact) mass is 229 g/mol. The van der Waals surface area contributed by atoms with E-state index in [4.69, 9.17) is 18.0 Å². The summed E-state index contributed by atoms with van der Waals surface area (Å²) in [5, 5.41) is 0. The molecule has 88 valence electrons. The van der Waals surface area contributed by atoms with Crippen molar-refractivity contribution in [3.05, 3.63) is 0 Å². The van der Waals surface area contributed by atoms with Gasteiger partial charge in [-0.1, -0.05) is 12.2 Å². The molecule has 1 saturated heterocycles. The number of piperazine rings is 1. The quantitative estimate of drug-likeness (QED) is 0.565. The molecule has 0 aromatic heterocycles. The highest BCUT2D eigenvalue weighted by atomic mass is 32.1. The van der Waals surface area contributed by atoms with E-state index in [1.165, 1.54) is 32.6 Å². The van der Waals surface area contributed by atoms with E-state index in [0.717, 1.165) is 12.8 Å². The Morgan fingerprint density at radius 3 is 2.73 bits per heavy atom. The Labute approximate surface area is 98.6 Å². The molecule has 1 heterocycles. The third-order valence-electron chi connectivity index (χ3n) is 3.09. The summed E-state index contributed by atoms with van der Waals surface area (Å²) in [6, 6.07) is 0.688. The number of hydrogen-bond acceptors (Lipinski definition) is 3. The minimum absolute atomic E-state index is 0.654. The number of hydrogen-bond donors (Lipinski definition) is 1. The Morgan fingerprint density at radius 1 is 1.40 bits per heavy atom. The predicted molar refractivity (Wildman–Crippen MR) is 69.2 cm³/mol. The van der Waals surface area contributed by atoms with Crippen molar-refractivity contribution in [2.75, 3.05) is 33.2 Å². The zero-order valence-corrected chi connectivity index (χ0v) is 10.7. The van der Waals surface area contributed by atoms with E-state index < -0.39 is 0 Å². The van der Waals surface area contributed by atoms with Crippen molar-refractivity contribution in [1.29, 1.82) is 0 Å². The van der Waals surface area contributed by atoms with E-state index in [1.807, 2.05) is 0 Å². The fourth-order valence-electron chi connectivity index (χ4n) is 2.12. The van der Waals surface area contributed by atoms with Crippen LogP contribution in [0.1, 0.15) is 26.2 Å². The number of nitrogens with zero attached hydrogens (tertiary/aromatic N) is 2.